The molecule has 0 bridgehead atoms. The van der Waals surface area contributed by atoms with Crippen molar-refractivity contribution in [3.63, 3.8) is 0 Å². The highest BCUT2D eigenvalue weighted by atomic mass is 79.9. The summed E-state index contributed by atoms with van der Waals surface area (Å²) in [4.78, 5) is -0.229. The van der Waals surface area contributed by atoms with Gasteiger partial charge in [0.1, 0.15) is 4.83 Å². The normalized spacial score (nSPS) is 12.2. The van der Waals surface area contributed by atoms with Gasteiger partial charge in [0.05, 0.1) is 6.07 Å². The first-order valence-corrected chi connectivity index (χ1v) is 5.15. The molecule has 0 aliphatic heterocycles. The number of hydrogen-bond acceptors (Lipinski definition) is 1. The summed E-state index contributed by atoms with van der Waals surface area (Å²) in [5.74, 6) is 0. The minimum absolute atomic E-state index is 0.229. The van der Waals surface area contributed by atoms with Crippen LogP contribution in [0.3, 0.4) is 0 Å². The Morgan fingerprint density at radius 3 is 2.67 bits per heavy atom. The number of rotatable bonds is 1. The van der Waals surface area contributed by atoms with Gasteiger partial charge in [0.15, 0.2) is 0 Å². The predicted molar refractivity (Wildman–Crippen MR) is 56.2 cm³/mol. The van der Waals surface area contributed by atoms with Crippen molar-refractivity contribution in [2.24, 2.45) is 0 Å². The molecule has 1 aromatic carbocycles. The maximum Gasteiger partial charge on any atom is 0.127 e. The molecule has 0 aromatic heterocycles. The summed E-state index contributed by atoms with van der Waals surface area (Å²) in [6.07, 6.45) is 0. The standard InChI is InChI=1S/C9H7Br2N/c1-6-2-3-7(8(10)4-6)9(11)5-12/h2-4,9H,1H3. The lowest BCUT2D eigenvalue weighted by Crippen LogP contribution is -1.87. The maximum atomic E-state index is 8.66. The van der Waals surface area contributed by atoms with E-state index in [1.165, 1.54) is 5.56 Å². The number of nitriles is 1. The zero-order valence-corrected chi connectivity index (χ0v) is 9.68. The first kappa shape index (κ1) is 9.76. The SMILES string of the molecule is Cc1ccc(C(Br)C#N)c(Br)c1. The van der Waals surface area contributed by atoms with E-state index in [4.69, 9.17) is 5.26 Å². The fraction of sp³-hybridized carbons (Fsp3) is 0.222. The van der Waals surface area contributed by atoms with Crippen molar-refractivity contribution >= 4 is 31.9 Å². The van der Waals surface area contributed by atoms with Gasteiger partial charge >= 0.3 is 0 Å². The summed E-state index contributed by atoms with van der Waals surface area (Å²) in [5, 5.41) is 8.66. The van der Waals surface area contributed by atoms with Crippen LogP contribution in [0, 0.1) is 18.3 Å². The van der Waals surface area contributed by atoms with Gasteiger partial charge in [-0.2, -0.15) is 5.26 Å². The molecule has 1 nitrogen and oxygen atoms in total. The molecular weight excluding hydrogens is 282 g/mol. The van der Waals surface area contributed by atoms with Crippen LogP contribution in [0.5, 0.6) is 0 Å². The Morgan fingerprint density at radius 1 is 1.50 bits per heavy atom. The predicted octanol–water partition coefficient (Wildman–Crippen LogP) is 3.72. The molecule has 0 spiro atoms. The number of benzene rings is 1. The number of aryl methyl sites for hydroxylation is 1. The van der Waals surface area contributed by atoms with Crippen LogP contribution in [-0.2, 0) is 0 Å². The van der Waals surface area contributed by atoms with Gasteiger partial charge in [-0.1, -0.05) is 44.0 Å². The van der Waals surface area contributed by atoms with Crippen LogP contribution in [0.25, 0.3) is 0 Å². The van der Waals surface area contributed by atoms with Gasteiger partial charge in [-0.25, -0.2) is 0 Å². The molecule has 0 heterocycles. The second-order valence-corrected chi connectivity index (χ2v) is 4.29. The summed E-state index contributed by atoms with van der Waals surface area (Å²) in [5.41, 5.74) is 2.16. The highest BCUT2D eigenvalue weighted by Gasteiger charge is 2.08. The second kappa shape index (κ2) is 4.06. The van der Waals surface area contributed by atoms with Crippen LogP contribution in [0.2, 0.25) is 0 Å². The number of nitrogens with zero attached hydrogens (tertiary/aromatic N) is 1. The average molecular weight is 289 g/mol. The van der Waals surface area contributed by atoms with Crippen molar-refractivity contribution in [1.82, 2.24) is 0 Å². The fourth-order valence-corrected chi connectivity index (χ4v) is 2.34. The molecule has 0 aliphatic carbocycles. The van der Waals surface area contributed by atoms with Gasteiger partial charge in [-0.05, 0) is 24.1 Å². The lowest BCUT2D eigenvalue weighted by molar-refractivity contribution is 1.22. The van der Waals surface area contributed by atoms with Gasteiger partial charge in [0.2, 0.25) is 0 Å². The maximum absolute atomic E-state index is 8.66. The zero-order valence-electron chi connectivity index (χ0n) is 6.51. The molecule has 3 heteroatoms. The lowest BCUT2D eigenvalue weighted by atomic mass is 10.1. The second-order valence-electron chi connectivity index (χ2n) is 2.52. The Balaban J connectivity index is 3.11. The third kappa shape index (κ3) is 2.09. The van der Waals surface area contributed by atoms with E-state index in [9.17, 15) is 0 Å². The average Bonchev–Trinajstić information content (AvgIpc) is 2.03. The quantitative estimate of drug-likeness (QED) is 0.723. The van der Waals surface area contributed by atoms with Crippen LogP contribution in [0.4, 0.5) is 0 Å². The smallest absolute Gasteiger partial charge is 0.127 e. The van der Waals surface area contributed by atoms with Crippen LogP contribution in [0.1, 0.15) is 16.0 Å². The van der Waals surface area contributed by atoms with E-state index < -0.39 is 0 Å². The van der Waals surface area contributed by atoms with Crippen molar-refractivity contribution in [2.45, 2.75) is 11.8 Å². The molecule has 0 aliphatic rings. The van der Waals surface area contributed by atoms with Crippen molar-refractivity contribution in [1.29, 1.82) is 5.26 Å². The lowest BCUT2D eigenvalue weighted by Gasteiger charge is -2.04. The monoisotopic (exact) mass is 287 g/mol. The van der Waals surface area contributed by atoms with Gasteiger partial charge in [-0.3, -0.25) is 0 Å². The molecule has 0 fully saturated rings. The molecule has 1 rings (SSSR count). The highest BCUT2D eigenvalue weighted by molar-refractivity contribution is 9.11. The summed E-state index contributed by atoms with van der Waals surface area (Å²) in [6.45, 7) is 2.02. The first-order chi connectivity index (χ1) is 5.65. The Kier molecular flexibility index (Phi) is 3.30. The van der Waals surface area contributed by atoms with Gasteiger partial charge in [0.25, 0.3) is 0 Å². The van der Waals surface area contributed by atoms with Crippen LogP contribution in [-0.4, -0.2) is 0 Å². The van der Waals surface area contributed by atoms with Gasteiger partial charge < -0.3 is 0 Å². The minimum Gasteiger partial charge on any atom is -0.197 e. The summed E-state index contributed by atoms with van der Waals surface area (Å²) >= 11 is 6.68. The summed E-state index contributed by atoms with van der Waals surface area (Å²) < 4.78 is 0.978. The molecule has 1 atom stereocenters. The van der Waals surface area contributed by atoms with E-state index in [0.717, 1.165) is 10.0 Å². The first-order valence-electron chi connectivity index (χ1n) is 3.45. The van der Waals surface area contributed by atoms with Gasteiger partial charge in [0, 0.05) is 4.47 Å². The molecule has 0 saturated carbocycles. The third-order valence-electron chi connectivity index (χ3n) is 1.54. The fourth-order valence-electron chi connectivity index (χ4n) is 0.907. The number of hydrogen-bond donors (Lipinski definition) is 0. The van der Waals surface area contributed by atoms with Crippen molar-refractivity contribution in [2.75, 3.05) is 0 Å². The summed E-state index contributed by atoms with van der Waals surface area (Å²) in [6, 6.07) is 8.07. The Labute approximate surface area is 88.7 Å². The summed E-state index contributed by atoms with van der Waals surface area (Å²) in [7, 11) is 0. The topological polar surface area (TPSA) is 23.8 Å². The van der Waals surface area contributed by atoms with Crippen LogP contribution < -0.4 is 0 Å². The van der Waals surface area contributed by atoms with Crippen LogP contribution >= 0.6 is 31.9 Å². The van der Waals surface area contributed by atoms with E-state index >= 15 is 0 Å². The van der Waals surface area contributed by atoms with E-state index in [2.05, 4.69) is 37.9 Å². The molecule has 0 radical (unpaired) electrons. The van der Waals surface area contributed by atoms with Crippen LogP contribution in [0.15, 0.2) is 22.7 Å². The molecule has 1 aromatic rings. The molecule has 62 valence electrons. The van der Waals surface area contributed by atoms with E-state index in [1.54, 1.807) is 0 Å². The highest BCUT2D eigenvalue weighted by Crippen LogP contribution is 2.29. The Morgan fingerprint density at radius 2 is 2.17 bits per heavy atom. The minimum atomic E-state index is -0.229. The van der Waals surface area contributed by atoms with E-state index in [-0.39, 0.29) is 4.83 Å². The van der Waals surface area contributed by atoms with E-state index in [0.29, 0.717) is 0 Å². The third-order valence-corrected chi connectivity index (χ3v) is 2.93. The van der Waals surface area contributed by atoms with Crippen molar-refractivity contribution in [3.8, 4) is 6.07 Å². The van der Waals surface area contributed by atoms with E-state index in [1.807, 2.05) is 25.1 Å². The molecule has 0 amide bonds. The molecule has 1 unspecified atom stereocenters. The molecule has 0 saturated heterocycles. The van der Waals surface area contributed by atoms with Crippen molar-refractivity contribution in [3.05, 3.63) is 33.8 Å². The molecular formula is C9H7Br2N. The van der Waals surface area contributed by atoms with Gasteiger partial charge in [-0.15, -0.1) is 0 Å². The largest absolute Gasteiger partial charge is 0.197 e. The number of alkyl halides is 1. The zero-order chi connectivity index (χ0) is 9.14. The Bertz CT molecular complexity index is 328. The Hall–Kier alpha value is -0.330. The molecule has 0 N–H and O–H groups in total. The molecule has 12 heavy (non-hydrogen) atoms. The van der Waals surface area contributed by atoms with Crippen molar-refractivity contribution < 1.29 is 0 Å². The number of halogens is 2.